The fourth-order valence-corrected chi connectivity index (χ4v) is 3.49. The van der Waals surface area contributed by atoms with Gasteiger partial charge in [-0.05, 0) is 20.8 Å². The Morgan fingerprint density at radius 2 is 1.53 bits per heavy atom. The number of nitrogens with zero attached hydrogens (tertiary/aromatic N) is 4. The van der Waals surface area contributed by atoms with E-state index >= 15 is 0 Å². The summed E-state index contributed by atoms with van der Waals surface area (Å²) in [6.07, 6.45) is 4.25. The van der Waals surface area contributed by atoms with Crippen LogP contribution in [-0.2, 0) is 32.1 Å². The molecule has 1 aliphatic rings. The minimum atomic E-state index is -6.09. The quantitative estimate of drug-likeness (QED) is 0.331. The van der Waals surface area contributed by atoms with Gasteiger partial charge in [-0.2, -0.15) is 25.9 Å². The molecule has 2 heterocycles. The van der Waals surface area contributed by atoms with Gasteiger partial charge in [0.15, 0.2) is 10.1 Å². The summed E-state index contributed by atoms with van der Waals surface area (Å²) < 4.78 is 93.3. The second-order valence-electron chi connectivity index (χ2n) is 7.18. The summed E-state index contributed by atoms with van der Waals surface area (Å²) in [5.41, 5.74) is -6.20. The minimum Gasteiger partial charge on any atom is -0.741 e. The molecule has 0 bridgehead atoms. The lowest BCUT2D eigenvalue weighted by Crippen LogP contribution is -2.52. The van der Waals surface area contributed by atoms with Gasteiger partial charge in [-0.3, -0.25) is 0 Å². The second kappa shape index (κ2) is 9.07. The summed E-state index contributed by atoms with van der Waals surface area (Å²) in [5.74, 6) is 0. The van der Waals surface area contributed by atoms with E-state index in [1.165, 1.54) is 25.7 Å². The maximum Gasteiger partial charge on any atom is 0.485 e. The smallest absolute Gasteiger partial charge is 0.485 e. The van der Waals surface area contributed by atoms with E-state index in [1.807, 2.05) is 0 Å². The molecule has 1 saturated heterocycles. The second-order valence-corrected chi connectivity index (χ2v) is 10.4. The Morgan fingerprint density at radius 3 is 1.87 bits per heavy atom. The molecule has 0 N–H and O–H groups in total. The standard InChI is InChI=1S/C13H23N4O4S.CHF3O3S/c1-13(2,3)21-12(18)15-6-9-16(10-7-15)22(19,20)17-8-5-14(4)11-17;2-1(3,4)8(5,6)7/h5,8,11H,6-7,9-10H2,1-4H3;(H,5,6,7)/q+1;/p-1. The molecular weight excluding hydrogens is 457 g/mol. The highest BCUT2D eigenvalue weighted by atomic mass is 32.2. The summed E-state index contributed by atoms with van der Waals surface area (Å²) in [4.78, 5) is 13.5. The zero-order valence-electron chi connectivity index (χ0n) is 16.7. The number of aryl methyl sites for hydroxylation is 1. The Balaban J connectivity index is 0.000000479. The van der Waals surface area contributed by atoms with Gasteiger partial charge in [0.1, 0.15) is 18.0 Å². The molecule has 1 aromatic heterocycles. The lowest BCUT2D eigenvalue weighted by atomic mass is 10.2. The molecule has 1 aromatic rings. The van der Waals surface area contributed by atoms with Crippen LogP contribution in [0.25, 0.3) is 0 Å². The van der Waals surface area contributed by atoms with E-state index in [0.29, 0.717) is 13.1 Å². The van der Waals surface area contributed by atoms with Gasteiger partial charge >= 0.3 is 21.8 Å². The molecule has 0 atom stereocenters. The van der Waals surface area contributed by atoms with Crippen molar-refractivity contribution in [3.8, 4) is 0 Å². The van der Waals surface area contributed by atoms with Gasteiger partial charge < -0.3 is 14.2 Å². The van der Waals surface area contributed by atoms with Gasteiger partial charge in [0, 0.05) is 26.2 Å². The number of aromatic nitrogens is 2. The van der Waals surface area contributed by atoms with E-state index in [9.17, 15) is 26.4 Å². The predicted octanol–water partition coefficient (Wildman–Crippen LogP) is 0.00960. The van der Waals surface area contributed by atoms with Crippen molar-refractivity contribution in [3.05, 3.63) is 18.7 Å². The normalized spacial score (nSPS) is 16.6. The van der Waals surface area contributed by atoms with Gasteiger partial charge in [-0.15, -0.1) is 3.97 Å². The van der Waals surface area contributed by atoms with E-state index in [0.717, 1.165) is 0 Å². The van der Waals surface area contributed by atoms with Crippen LogP contribution in [0.15, 0.2) is 18.7 Å². The molecule has 174 valence electrons. The zero-order chi connectivity index (χ0) is 23.5. The van der Waals surface area contributed by atoms with Gasteiger partial charge in [-0.1, -0.05) is 0 Å². The number of rotatable bonds is 2. The molecule has 2 rings (SSSR count). The molecule has 0 saturated carbocycles. The molecule has 1 fully saturated rings. The van der Waals surface area contributed by atoms with Crippen LogP contribution in [0.4, 0.5) is 18.0 Å². The molecule has 11 nitrogen and oxygen atoms in total. The molecule has 1 aliphatic heterocycles. The Labute approximate surface area is 172 Å². The van der Waals surface area contributed by atoms with Crippen molar-refractivity contribution in [2.24, 2.45) is 7.05 Å². The van der Waals surface area contributed by atoms with Crippen molar-refractivity contribution >= 4 is 26.4 Å². The summed E-state index contributed by atoms with van der Waals surface area (Å²) in [5, 5.41) is 0. The van der Waals surface area contributed by atoms with Crippen molar-refractivity contribution in [1.29, 1.82) is 0 Å². The lowest BCUT2D eigenvalue weighted by molar-refractivity contribution is -0.670. The van der Waals surface area contributed by atoms with E-state index in [1.54, 1.807) is 38.6 Å². The van der Waals surface area contributed by atoms with E-state index in [4.69, 9.17) is 17.7 Å². The van der Waals surface area contributed by atoms with Gasteiger partial charge in [0.2, 0.25) is 0 Å². The van der Waals surface area contributed by atoms with E-state index < -0.39 is 37.5 Å². The first-order valence-corrected chi connectivity index (χ1v) is 11.2. The highest BCUT2D eigenvalue weighted by Gasteiger charge is 2.37. The maximum absolute atomic E-state index is 12.4. The number of carbonyl (C=O) groups excluding carboxylic acids is 1. The third-order valence-electron chi connectivity index (χ3n) is 3.51. The van der Waals surface area contributed by atoms with E-state index in [-0.39, 0.29) is 13.1 Å². The SMILES string of the molecule is C[n+]1ccn(S(=O)(=O)N2CCN(C(=O)OC(C)(C)C)CC2)c1.O=S(=O)([O-])C(F)(F)F. The Morgan fingerprint density at radius 1 is 1.07 bits per heavy atom. The summed E-state index contributed by atoms with van der Waals surface area (Å²) in [7, 11) is -7.91. The topological polar surface area (TPSA) is 133 Å². The van der Waals surface area contributed by atoms with Crippen molar-refractivity contribution in [1.82, 2.24) is 13.2 Å². The first kappa shape index (κ1) is 26.1. The van der Waals surface area contributed by atoms with Gasteiger partial charge in [0.05, 0.1) is 7.05 Å². The Bertz CT molecular complexity index is 945. The van der Waals surface area contributed by atoms with Crippen molar-refractivity contribution in [2.75, 3.05) is 26.2 Å². The van der Waals surface area contributed by atoms with Crippen molar-refractivity contribution in [2.45, 2.75) is 31.9 Å². The molecule has 0 aliphatic carbocycles. The number of hydrogen-bond donors (Lipinski definition) is 0. The van der Waals surface area contributed by atoms with Crippen molar-refractivity contribution < 1.29 is 48.7 Å². The third-order valence-corrected chi connectivity index (χ3v) is 5.84. The monoisotopic (exact) mass is 480 g/mol. The average molecular weight is 480 g/mol. The molecule has 30 heavy (non-hydrogen) atoms. The minimum absolute atomic E-state index is 0.253. The number of halogens is 3. The third kappa shape index (κ3) is 7.41. The van der Waals surface area contributed by atoms with Gasteiger partial charge in [-0.25, -0.2) is 17.8 Å². The van der Waals surface area contributed by atoms with Crippen molar-refractivity contribution in [3.63, 3.8) is 0 Å². The number of carbonyl (C=O) groups is 1. The van der Waals surface area contributed by atoms with Crippen LogP contribution in [0.2, 0.25) is 0 Å². The fraction of sp³-hybridized carbons (Fsp3) is 0.714. The fourth-order valence-electron chi connectivity index (χ4n) is 2.13. The lowest BCUT2D eigenvalue weighted by Gasteiger charge is -2.33. The first-order valence-electron chi connectivity index (χ1n) is 8.38. The molecule has 0 aromatic carbocycles. The predicted molar refractivity (Wildman–Crippen MR) is 95.1 cm³/mol. The largest absolute Gasteiger partial charge is 0.741 e. The Kier molecular flexibility index (Phi) is 7.90. The number of imidazole rings is 1. The first-order chi connectivity index (χ1) is 13.3. The van der Waals surface area contributed by atoms with Crippen LogP contribution in [0.5, 0.6) is 0 Å². The number of alkyl halides is 3. The summed E-state index contributed by atoms with van der Waals surface area (Å²) >= 11 is 0. The van der Waals surface area contributed by atoms with Gasteiger partial charge in [0.25, 0.3) is 6.33 Å². The van der Waals surface area contributed by atoms with Crippen LogP contribution in [0, 0.1) is 0 Å². The van der Waals surface area contributed by atoms with Crippen LogP contribution < -0.4 is 4.57 Å². The maximum atomic E-state index is 12.4. The number of piperazine rings is 1. The zero-order valence-corrected chi connectivity index (χ0v) is 18.3. The molecule has 1 amide bonds. The van der Waals surface area contributed by atoms with Crippen LogP contribution in [-0.4, -0.2) is 77.9 Å². The highest BCUT2D eigenvalue weighted by Crippen LogP contribution is 2.20. The van der Waals surface area contributed by atoms with Crippen LogP contribution in [0.1, 0.15) is 20.8 Å². The molecule has 16 heteroatoms. The van der Waals surface area contributed by atoms with Crippen LogP contribution >= 0.6 is 0 Å². The molecule has 0 radical (unpaired) electrons. The average Bonchev–Trinajstić information content (AvgIpc) is 2.99. The van der Waals surface area contributed by atoms with Crippen LogP contribution in [0.3, 0.4) is 0 Å². The number of ether oxygens (including phenoxy) is 1. The number of hydrogen-bond acceptors (Lipinski definition) is 7. The molecular formula is C14H23F3N4O7S2. The molecule has 0 unspecified atom stereocenters. The number of amides is 1. The highest BCUT2D eigenvalue weighted by molar-refractivity contribution is 7.87. The summed E-state index contributed by atoms with van der Waals surface area (Å²) in [6.45, 7) is 6.56. The molecule has 0 spiro atoms. The summed E-state index contributed by atoms with van der Waals surface area (Å²) in [6, 6.07) is 0. The Hall–Kier alpha value is -1.91. The van der Waals surface area contributed by atoms with E-state index in [2.05, 4.69) is 0 Å².